The second kappa shape index (κ2) is 6.70. The molecule has 1 fully saturated rings. The molecule has 0 saturated carbocycles. The van der Waals surface area contributed by atoms with Gasteiger partial charge in [0.05, 0.1) is 4.90 Å². The van der Waals surface area contributed by atoms with Gasteiger partial charge in [-0.15, -0.1) is 0 Å². The van der Waals surface area contributed by atoms with Gasteiger partial charge in [-0.3, -0.25) is 0 Å². The van der Waals surface area contributed by atoms with Crippen LogP contribution in [0.3, 0.4) is 0 Å². The molecular weight excluding hydrogens is 298 g/mol. The highest BCUT2D eigenvalue weighted by Gasteiger charge is 2.26. The lowest BCUT2D eigenvalue weighted by Gasteiger charge is -2.33. The summed E-state index contributed by atoms with van der Waals surface area (Å²) >= 11 is 0. The van der Waals surface area contributed by atoms with E-state index in [2.05, 4.69) is 10.2 Å². The summed E-state index contributed by atoms with van der Waals surface area (Å²) < 4.78 is 47.7. The van der Waals surface area contributed by atoms with Gasteiger partial charge in [0, 0.05) is 18.8 Å². The molecule has 1 N–H and O–H groups in total. The van der Waals surface area contributed by atoms with Crippen LogP contribution in [-0.2, 0) is 9.84 Å². The van der Waals surface area contributed by atoms with Gasteiger partial charge in [-0.05, 0) is 56.6 Å². The van der Waals surface area contributed by atoms with Gasteiger partial charge in [0.15, 0.2) is 0 Å². The number of piperidine rings is 1. The number of sulfone groups is 1. The zero-order valence-corrected chi connectivity index (χ0v) is 12.7. The predicted molar refractivity (Wildman–Crippen MR) is 78.5 cm³/mol. The van der Waals surface area contributed by atoms with Gasteiger partial charge in [-0.2, -0.15) is 8.78 Å². The van der Waals surface area contributed by atoms with E-state index in [0.29, 0.717) is 5.92 Å². The lowest BCUT2D eigenvalue weighted by Crippen LogP contribution is -2.36. The maximum absolute atomic E-state index is 12.5. The number of rotatable bonds is 5. The van der Waals surface area contributed by atoms with Gasteiger partial charge in [-0.1, -0.05) is 0 Å². The largest absolute Gasteiger partial charge is 0.372 e. The topological polar surface area (TPSA) is 49.4 Å². The molecule has 0 amide bonds. The Morgan fingerprint density at radius 3 is 2.29 bits per heavy atom. The molecule has 21 heavy (non-hydrogen) atoms. The van der Waals surface area contributed by atoms with Gasteiger partial charge in [-0.25, -0.2) is 8.42 Å². The predicted octanol–water partition coefficient (Wildman–Crippen LogP) is 2.12. The lowest BCUT2D eigenvalue weighted by molar-refractivity contribution is 0.234. The molecule has 0 spiro atoms. The minimum Gasteiger partial charge on any atom is -0.372 e. The Hall–Kier alpha value is -1.21. The van der Waals surface area contributed by atoms with Crippen LogP contribution >= 0.6 is 0 Å². The van der Waals surface area contributed by atoms with Gasteiger partial charge in [0.1, 0.15) is 0 Å². The number of benzene rings is 1. The molecule has 1 heterocycles. The molecule has 2 rings (SSSR count). The van der Waals surface area contributed by atoms with Crippen molar-refractivity contribution in [2.24, 2.45) is 5.92 Å². The molecule has 7 heteroatoms. The van der Waals surface area contributed by atoms with Crippen LogP contribution < -0.4 is 10.2 Å². The third-order valence-electron chi connectivity index (χ3n) is 3.87. The Bertz CT molecular complexity index is 553. The highest BCUT2D eigenvalue weighted by Crippen LogP contribution is 2.25. The lowest BCUT2D eigenvalue weighted by atomic mass is 9.96. The van der Waals surface area contributed by atoms with Crippen LogP contribution in [0.5, 0.6) is 0 Å². The number of nitrogens with one attached hydrogen (secondary N) is 1. The maximum atomic E-state index is 12.5. The molecule has 4 nitrogen and oxygen atoms in total. The second-order valence-electron chi connectivity index (χ2n) is 5.29. The first-order valence-electron chi connectivity index (χ1n) is 6.97. The molecule has 1 saturated heterocycles. The van der Waals surface area contributed by atoms with E-state index < -0.39 is 15.6 Å². The van der Waals surface area contributed by atoms with Crippen molar-refractivity contribution in [3.05, 3.63) is 24.3 Å². The molecule has 0 aromatic heterocycles. The van der Waals surface area contributed by atoms with E-state index >= 15 is 0 Å². The third kappa shape index (κ3) is 3.71. The standard InChI is InChI=1S/C14H20F2N2O2S/c1-17-10-11-6-8-18(9-7-11)12-2-4-13(5-3-12)21(19,20)14(15)16/h2-5,11,14,17H,6-10H2,1H3. The van der Waals surface area contributed by atoms with E-state index in [0.717, 1.165) is 38.2 Å². The summed E-state index contributed by atoms with van der Waals surface area (Å²) in [5.41, 5.74) is 0.881. The summed E-state index contributed by atoms with van der Waals surface area (Å²) in [5, 5.41) is 3.17. The number of hydrogen-bond acceptors (Lipinski definition) is 4. The Morgan fingerprint density at radius 1 is 1.24 bits per heavy atom. The van der Waals surface area contributed by atoms with Crippen molar-refractivity contribution in [3.8, 4) is 0 Å². The average Bonchev–Trinajstić information content (AvgIpc) is 2.48. The molecule has 0 unspecified atom stereocenters. The summed E-state index contributed by atoms with van der Waals surface area (Å²) in [7, 11) is -2.56. The number of alkyl halides is 2. The molecule has 0 bridgehead atoms. The van der Waals surface area contributed by atoms with E-state index in [1.165, 1.54) is 12.1 Å². The zero-order chi connectivity index (χ0) is 15.5. The first kappa shape index (κ1) is 16.2. The minimum absolute atomic E-state index is 0.327. The smallest absolute Gasteiger partial charge is 0.341 e. The van der Waals surface area contributed by atoms with Crippen LogP contribution in [-0.4, -0.2) is 40.9 Å². The summed E-state index contributed by atoms with van der Waals surface area (Å²) in [6.45, 7) is 2.79. The first-order chi connectivity index (χ1) is 9.95. The van der Waals surface area contributed by atoms with Crippen molar-refractivity contribution in [1.29, 1.82) is 0 Å². The molecule has 0 aliphatic carbocycles. The molecule has 0 radical (unpaired) electrons. The number of nitrogens with zero attached hydrogens (tertiary/aromatic N) is 1. The summed E-state index contributed by atoms with van der Waals surface area (Å²) in [5.74, 6) is -2.72. The normalized spacial score (nSPS) is 17.4. The van der Waals surface area contributed by atoms with E-state index in [1.54, 1.807) is 12.1 Å². The van der Waals surface area contributed by atoms with E-state index in [9.17, 15) is 17.2 Å². The maximum Gasteiger partial charge on any atom is 0.341 e. The zero-order valence-electron chi connectivity index (χ0n) is 11.9. The van der Waals surface area contributed by atoms with E-state index in [1.807, 2.05) is 7.05 Å². The SMILES string of the molecule is CNCC1CCN(c2ccc(S(=O)(=O)C(F)F)cc2)CC1. The number of hydrogen-bond donors (Lipinski definition) is 1. The molecule has 1 aromatic rings. The Labute approximate surface area is 124 Å². The fraction of sp³-hybridized carbons (Fsp3) is 0.571. The number of anilines is 1. The van der Waals surface area contributed by atoms with Crippen molar-refractivity contribution < 1.29 is 17.2 Å². The van der Waals surface area contributed by atoms with Crippen molar-refractivity contribution >= 4 is 15.5 Å². The molecular formula is C14H20F2N2O2S. The average molecular weight is 318 g/mol. The fourth-order valence-corrected chi connectivity index (χ4v) is 3.35. The monoisotopic (exact) mass is 318 g/mol. The third-order valence-corrected chi connectivity index (χ3v) is 5.27. The second-order valence-corrected chi connectivity index (χ2v) is 7.21. The van der Waals surface area contributed by atoms with Crippen molar-refractivity contribution in [1.82, 2.24) is 5.32 Å². The van der Waals surface area contributed by atoms with Gasteiger partial charge in [0.2, 0.25) is 9.84 Å². The number of halogens is 2. The van der Waals surface area contributed by atoms with Crippen LogP contribution in [0.15, 0.2) is 29.2 Å². The highest BCUT2D eigenvalue weighted by molar-refractivity contribution is 7.91. The quantitative estimate of drug-likeness (QED) is 0.903. The van der Waals surface area contributed by atoms with Crippen molar-refractivity contribution in [2.45, 2.75) is 23.5 Å². The molecule has 1 aliphatic rings. The summed E-state index contributed by atoms with van der Waals surface area (Å²) in [6, 6.07) is 5.73. The van der Waals surface area contributed by atoms with Gasteiger partial charge < -0.3 is 10.2 Å². The minimum atomic E-state index is -4.50. The first-order valence-corrected chi connectivity index (χ1v) is 8.51. The molecule has 0 atom stereocenters. The Balaban J connectivity index is 2.04. The van der Waals surface area contributed by atoms with Crippen molar-refractivity contribution in [2.75, 3.05) is 31.6 Å². The highest BCUT2D eigenvalue weighted by atomic mass is 32.2. The van der Waals surface area contributed by atoms with Crippen LogP contribution in [0.1, 0.15) is 12.8 Å². The van der Waals surface area contributed by atoms with Gasteiger partial charge >= 0.3 is 5.76 Å². The molecule has 1 aliphatic heterocycles. The van der Waals surface area contributed by atoms with Crippen LogP contribution in [0.25, 0.3) is 0 Å². The van der Waals surface area contributed by atoms with Crippen LogP contribution in [0, 0.1) is 5.92 Å². The Kier molecular flexibility index (Phi) is 5.16. The summed E-state index contributed by atoms with van der Waals surface area (Å²) in [4.78, 5) is 1.83. The van der Waals surface area contributed by atoms with Gasteiger partial charge in [0.25, 0.3) is 0 Å². The fourth-order valence-electron chi connectivity index (χ4n) is 2.63. The van der Waals surface area contributed by atoms with E-state index in [4.69, 9.17) is 0 Å². The molecule has 118 valence electrons. The Morgan fingerprint density at radius 2 is 1.81 bits per heavy atom. The van der Waals surface area contributed by atoms with Crippen LogP contribution in [0.4, 0.5) is 14.5 Å². The van der Waals surface area contributed by atoms with Crippen molar-refractivity contribution in [3.63, 3.8) is 0 Å². The van der Waals surface area contributed by atoms with Crippen LogP contribution in [0.2, 0.25) is 0 Å². The molecule has 1 aromatic carbocycles. The van der Waals surface area contributed by atoms with E-state index in [-0.39, 0.29) is 4.90 Å². The summed E-state index contributed by atoms with van der Waals surface area (Å²) in [6.07, 6.45) is 2.13.